The highest BCUT2D eigenvalue weighted by atomic mass is 19.4. The lowest BCUT2D eigenvalue weighted by atomic mass is 9.79. The van der Waals surface area contributed by atoms with Crippen molar-refractivity contribution in [2.24, 2.45) is 11.8 Å². The summed E-state index contributed by atoms with van der Waals surface area (Å²) in [6, 6.07) is 0. The van der Waals surface area contributed by atoms with Gasteiger partial charge in [-0.15, -0.1) is 13.2 Å². The van der Waals surface area contributed by atoms with Crippen LogP contribution in [0.1, 0.15) is 32.1 Å². The van der Waals surface area contributed by atoms with Crippen molar-refractivity contribution >= 4 is 5.78 Å². The number of halogens is 3. The zero-order valence-electron chi connectivity index (χ0n) is 8.22. The first kappa shape index (κ1) is 10.9. The van der Waals surface area contributed by atoms with Crippen molar-refractivity contribution in [1.82, 2.24) is 0 Å². The molecule has 0 aliphatic heterocycles. The first-order chi connectivity index (χ1) is 6.96. The molecule has 0 aromatic rings. The van der Waals surface area contributed by atoms with Crippen molar-refractivity contribution in [3.63, 3.8) is 0 Å². The SMILES string of the molecule is O=C1CC2CCCC2CC1OC(F)(F)F. The molecule has 5 heteroatoms. The average molecular weight is 222 g/mol. The van der Waals surface area contributed by atoms with Gasteiger partial charge >= 0.3 is 6.36 Å². The molecule has 0 N–H and O–H groups in total. The van der Waals surface area contributed by atoms with Crippen LogP contribution in [-0.2, 0) is 9.53 Å². The van der Waals surface area contributed by atoms with E-state index in [9.17, 15) is 18.0 Å². The second-order valence-corrected chi connectivity index (χ2v) is 4.41. The Morgan fingerprint density at radius 3 is 2.53 bits per heavy atom. The maximum Gasteiger partial charge on any atom is 0.523 e. The van der Waals surface area contributed by atoms with Crippen LogP contribution in [0.4, 0.5) is 13.2 Å². The minimum atomic E-state index is -4.69. The molecule has 0 saturated heterocycles. The van der Waals surface area contributed by atoms with E-state index in [4.69, 9.17) is 0 Å². The van der Waals surface area contributed by atoms with Crippen LogP contribution in [0, 0.1) is 11.8 Å². The van der Waals surface area contributed by atoms with Gasteiger partial charge in [0.1, 0.15) is 6.10 Å². The molecule has 2 aliphatic carbocycles. The van der Waals surface area contributed by atoms with E-state index < -0.39 is 12.5 Å². The lowest BCUT2D eigenvalue weighted by Crippen LogP contribution is -2.38. The summed E-state index contributed by atoms with van der Waals surface area (Å²) in [5.74, 6) is 0.191. The van der Waals surface area contributed by atoms with Gasteiger partial charge < -0.3 is 0 Å². The summed E-state index contributed by atoms with van der Waals surface area (Å²) in [6.07, 6.45) is -2.46. The fourth-order valence-electron chi connectivity index (χ4n) is 2.76. The number of carbonyl (C=O) groups is 1. The highest BCUT2D eigenvalue weighted by molar-refractivity contribution is 5.84. The van der Waals surface area contributed by atoms with Gasteiger partial charge in [0.25, 0.3) is 0 Å². The van der Waals surface area contributed by atoms with E-state index in [2.05, 4.69) is 4.74 Å². The molecule has 0 amide bonds. The van der Waals surface area contributed by atoms with Crippen molar-refractivity contribution in [1.29, 1.82) is 0 Å². The van der Waals surface area contributed by atoms with E-state index in [1.165, 1.54) is 0 Å². The van der Waals surface area contributed by atoms with Gasteiger partial charge in [-0.3, -0.25) is 9.53 Å². The number of carbonyl (C=O) groups excluding carboxylic acids is 1. The Labute approximate surface area is 85.8 Å². The predicted octanol–water partition coefficient (Wildman–Crippen LogP) is 2.67. The van der Waals surface area contributed by atoms with E-state index in [1.807, 2.05) is 0 Å². The van der Waals surface area contributed by atoms with Crippen LogP contribution in [0.3, 0.4) is 0 Å². The van der Waals surface area contributed by atoms with Crippen LogP contribution >= 0.6 is 0 Å². The first-order valence-electron chi connectivity index (χ1n) is 5.23. The smallest absolute Gasteiger partial charge is 0.297 e. The number of alkyl halides is 3. The largest absolute Gasteiger partial charge is 0.523 e. The van der Waals surface area contributed by atoms with Crippen LogP contribution in [0.25, 0.3) is 0 Å². The lowest BCUT2D eigenvalue weighted by Gasteiger charge is -2.30. The molecule has 3 atom stereocenters. The molecule has 2 fully saturated rings. The van der Waals surface area contributed by atoms with E-state index in [0.29, 0.717) is 5.92 Å². The number of hydrogen-bond acceptors (Lipinski definition) is 2. The standard InChI is InChI=1S/C10H13F3O2/c11-10(12,13)15-9-5-7-3-1-2-6(7)4-8(9)14/h6-7,9H,1-5H2. The lowest BCUT2D eigenvalue weighted by molar-refractivity contribution is -0.340. The molecule has 2 rings (SSSR count). The Hall–Kier alpha value is -0.580. The summed E-state index contributed by atoms with van der Waals surface area (Å²) in [5.41, 5.74) is 0. The fraction of sp³-hybridized carbons (Fsp3) is 0.900. The number of ether oxygens (including phenoxy) is 1. The third-order valence-corrected chi connectivity index (χ3v) is 3.43. The molecular formula is C10H13F3O2. The minimum Gasteiger partial charge on any atom is -0.297 e. The summed E-state index contributed by atoms with van der Waals surface area (Å²) in [6.45, 7) is 0. The van der Waals surface area contributed by atoms with Gasteiger partial charge in [0.15, 0.2) is 5.78 Å². The van der Waals surface area contributed by atoms with Gasteiger partial charge in [-0.25, -0.2) is 0 Å². The maximum atomic E-state index is 12.0. The molecule has 2 aliphatic rings. The number of fused-ring (bicyclic) bond motifs is 1. The summed E-state index contributed by atoms with van der Waals surface area (Å²) in [7, 11) is 0. The van der Waals surface area contributed by atoms with Crippen LogP contribution in [0.2, 0.25) is 0 Å². The molecule has 0 aromatic heterocycles. The molecule has 0 aromatic carbocycles. The van der Waals surface area contributed by atoms with Crippen molar-refractivity contribution in [2.75, 3.05) is 0 Å². The van der Waals surface area contributed by atoms with E-state index in [0.717, 1.165) is 19.3 Å². The molecular weight excluding hydrogens is 209 g/mol. The Morgan fingerprint density at radius 2 is 1.87 bits per heavy atom. The third kappa shape index (κ3) is 2.51. The molecule has 86 valence electrons. The Balaban J connectivity index is 1.98. The second kappa shape index (κ2) is 3.77. The monoisotopic (exact) mass is 222 g/mol. The molecule has 0 radical (unpaired) electrons. The summed E-state index contributed by atoms with van der Waals surface area (Å²) < 4.78 is 39.8. The maximum absolute atomic E-state index is 12.0. The second-order valence-electron chi connectivity index (χ2n) is 4.41. The first-order valence-corrected chi connectivity index (χ1v) is 5.23. The number of Topliss-reactive ketones (excluding diaryl/α,β-unsaturated/α-hetero) is 1. The van der Waals surface area contributed by atoms with E-state index >= 15 is 0 Å². The summed E-state index contributed by atoms with van der Waals surface area (Å²) in [4.78, 5) is 11.4. The number of hydrogen-bond donors (Lipinski definition) is 0. The summed E-state index contributed by atoms with van der Waals surface area (Å²) in [5, 5.41) is 0. The number of ketones is 1. The quantitative estimate of drug-likeness (QED) is 0.681. The highest BCUT2D eigenvalue weighted by Gasteiger charge is 2.44. The van der Waals surface area contributed by atoms with Gasteiger partial charge in [-0.05, 0) is 24.7 Å². The van der Waals surface area contributed by atoms with Crippen molar-refractivity contribution in [3.8, 4) is 0 Å². The summed E-state index contributed by atoms with van der Waals surface area (Å²) >= 11 is 0. The molecule has 0 bridgehead atoms. The molecule has 2 nitrogen and oxygen atoms in total. The Kier molecular flexibility index (Phi) is 2.75. The molecule has 15 heavy (non-hydrogen) atoms. The third-order valence-electron chi connectivity index (χ3n) is 3.43. The van der Waals surface area contributed by atoms with Crippen molar-refractivity contribution in [2.45, 2.75) is 44.6 Å². The average Bonchev–Trinajstić information content (AvgIpc) is 2.49. The van der Waals surface area contributed by atoms with Crippen LogP contribution in [0.15, 0.2) is 0 Å². The Morgan fingerprint density at radius 1 is 1.20 bits per heavy atom. The zero-order chi connectivity index (χ0) is 11.1. The van der Waals surface area contributed by atoms with E-state index in [-0.39, 0.29) is 24.5 Å². The fourth-order valence-corrected chi connectivity index (χ4v) is 2.76. The van der Waals surface area contributed by atoms with Crippen LogP contribution in [0.5, 0.6) is 0 Å². The predicted molar refractivity (Wildman–Crippen MR) is 46.0 cm³/mol. The van der Waals surface area contributed by atoms with Gasteiger partial charge in [0, 0.05) is 6.42 Å². The Bertz CT molecular complexity index is 262. The van der Waals surface area contributed by atoms with E-state index in [1.54, 1.807) is 0 Å². The van der Waals surface area contributed by atoms with Crippen molar-refractivity contribution < 1.29 is 22.7 Å². The topological polar surface area (TPSA) is 26.3 Å². The molecule has 3 unspecified atom stereocenters. The highest BCUT2D eigenvalue weighted by Crippen LogP contribution is 2.42. The molecule has 0 heterocycles. The van der Waals surface area contributed by atoms with Crippen LogP contribution < -0.4 is 0 Å². The normalized spacial score (nSPS) is 36.7. The zero-order valence-corrected chi connectivity index (χ0v) is 8.22. The van der Waals surface area contributed by atoms with Crippen molar-refractivity contribution in [3.05, 3.63) is 0 Å². The van der Waals surface area contributed by atoms with Gasteiger partial charge in [-0.1, -0.05) is 12.8 Å². The number of rotatable bonds is 1. The molecule has 0 spiro atoms. The van der Waals surface area contributed by atoms with Gasteiger partial charge in [0.05, 0.1) is 0 Å². The minimum absolute atomic E-state index is 0.253. The van der Waals surface area contributed by atoms with Gasteiger partial charge in [-0.2, -0.15) is 0 Å². The van der Waals surface area contributed by atoms with Crippen LogP contribution in [-0.4, -0.2) is 18.2 Å². The van der Waals surface area contributed by atoms with Gasteiger partial charge in [0.2, 0.25) is 0 Å². The molecule has 2 saturated carbocycles.